The molecule has 0 aromatic heterocycles. The van der Waals surface area contributed by atoms with Crippen LogP contribution < -0.4 is 4.72 Å². The van der Waals surface area contributed by atoms with Crippen molar-refractivity contribution in [3.63, 3.8) is 0 Å². The summed E-state index contributed by atoms with van der Waals surface area (Å²) in [6, 6.07) is 15.8. The highest BCUT2D eigenvalue weighted by molar-refractivity contribution is 8.01. The van der Waals surface area contributed by atoms with Gasteiger partial charge in [-0.1, -0.05) is 36.4 Å². The van der Waals surface area contributed by atoms with Gasteiger partial charge in [0.1, 0.15) is 5.69 Å². The van der Waals surface area contributed by atoms with Crippen LogP contribution in [-0.4, -0.2) is 5.25 Å². The second kappa shape index (κ2) is 5.45. The molecule has 0 radical (unpaired) electrons. The number of nitroso groups, excluding NO2 is 1. The van der Waals surface area contributed by atoms with Crippen LogP contribution in [0.2, 0.25) is 0 Å². The van der Waals surface area contributed by atoms with Crippen molar-refractivity contribution in [2.75, 3.05) is 4.72 Å². The maximum absolute atomic E-state index is 11.0. The first-order chi connectivity index (χ1) is 9.36. The molecule has 1 fully saturated rings. The largest absolute Gasteiger partial charge is 0.328 e. The summed E-state index contributed by atoms with van der Waals surface area (Å²) < 4.78 is 3.23. The van der Waals surface area contributed by atoms with Gasteiger partial charge in [-0.2, -0.15) is 0 Å². The Morgan fingerprint density at radius 2 is 1.84 bits per heavy atom. The predicted molar refractivity (Wildman–Crippen MR) is 81.6 cm³/mol. The molecule has 2 aromatic carbocycles. The van der Waals surface area contributed by atoms with Crippen molar-refractivity contribution in [1.29, 1.82) is 0 Å². The molecule has 1 N–H and O–H groups in total. The predicted octanol–water partition coefficient (Wildman–Crippen LogP) is 4.97. The standard InChI is InChI=1S/C15H14N2OS/c18-16-15-10-12(11-4-2-1-3-5-11)6-9-14(15)17-19-13-7-8-13/h1-6,9-10,13,17H,7-8H2. The summed E-state index contributed by atoms with van der Waals surface area (Å²) in [4.78, 5) is 11.0. The van der Waals surface area contributed by atoms with Gasteiger partial charge in [0.2, 0.25) is 0 Å². The first-order valence-electron chi connectivity index (χ1n) is 6.31. The Hall–Kier alpha value is -1.81. The maximum Gasteiger partial charge on any atom is 0.132 e. The zero-order valence-corrected chi connectivity index (χ0v) is 11.2. The van der Waals surface area contributed by atoms with E-state index in [-0.39, 0.29) is 0 Å². The van der Waals surface area contributed by atoms with Crippen LogP contribution in [0.3, 0.4) is 0 Å². The third-order valence-corrected chi connectivity index (χ3v) is 4.21. The molecular weight excluding hydrogens is 256 g/mol. The minimum absolute atomic E-state index is 0.467. The molecule has 0 bridgehead atoms. The van der Waals surface area contributed by atoms with E-state index in [1.807, 2.05) is 48.5 Å². The van der Waals surface area contributed by atoms with Crippen LogP contribution in [0, 0.1) is 4.91 Å². The molecule has 2 aromatic rings. The number of nitrogens with one attached hydrogen (secondary N) is 1. The Balaban J connectivity index is 1.85. The van der Waals surface area contributed by atoms with Crippen LogP contribution in [0.25, 0.3) is 11.1 Å². The average molecular weight is 270 g/mol. The molecule has 4 heteroatoms. The Morgan fingerprint density at radius 1 is 1.05 bits per heavy atom. The monoisotopic (exact) mass is 270 g/mol. The van der Waals surface area contributed by atoms with Gasteiger partial charge in [-0.15, -0.1) is 4.91 Å². The topological polar surface area (TPSA) is 41.5 Å². The Morgan fingerprint density at radius 3 is 2.53 bits per heavy atom. The molecule has 96 valence electrons. The van der Waals surface area contributed by atoms with Gasteiger partial charge in [-0.25, -0.2) is 0 Å². The van der Waals surface area contributed by atoms with Gasteiger partial charge in [0.15, 0.2) is 0 Å². The highest BCUT2D eigenvalue weighted by Gasteiger charge is 2.22. The molecule has 1 saturated carbocycles. The van der Waals surface area contributed by atoms with Crippen LogP contribution in [0.5, 0.6) is 0 Å². The molecule has 0 saturated heterocycles. The molecule has 0 aliphatic heterocycles. The van der Waals surface area contributed by atoms with Gasteiger partial charge in [-0.3, -0.25) is 0 Å². The SMILES string of the molecule is O=Nc1cc(-c2ccccc2)ccc1NSC1CC1. The van der Waals surface area contributed by atoms with Crippen molar-refractivity contribution in [2.24, 2.45) is 5.18 Å². The second-order valence-electron chi connectivity index (χ2n) is 4.61. The summed E-state index contributed by atoms with van der Waals surface area (Å²) in [5.74, 6) is 0. The van der Waals surface area contributed by atoms with Crippen molar-refractivity contribution in [1.82, 2.24) is 0 Å². The van der Waals surface area contributed by atoms with E-state index in [2.05, 4.69) is 9.90 Å². The first-order valence-corrected chi connectivity index (χ1v) is 7.19. The molecule has 0 unspecified atom stereocenters. The van der Waals surface area contributed by atoms with E-state index < -0.39 is 0 Å². The molecule has 3 nitrogen and oxygen atoms in total. The van der Waals surface area contributed by atoms with Gasteiger partial charge in [-0.05, 0) is 53.2 Å². The number of hydrogen-bond acceptors (Lipinski definition) is 4. The molecule has 1 aliphatic carbocycles. The van der Waals surface area contributed by atoms with Crippen LogP contribution in [0.1, 0.15) is 12.8 Å². The van der Waals surface area contributed by atoms with E-state index in [1.54, 1.807) is 11.9 Å². The molecule has 0 amide bonds. The van der Waals surface area contributed by atoms with Crippen LogP contribution in [0.15, 0.2) is 53.7 Å². The quantitative estimate of drug-likeness (QED) is 0.615. The minimum atomic E-state index is 0.467. The van der Waals surface area contributed by atoms with E-state index >= 15 is 0 Å². The lowest BCUT2D eigenvalue weighted by molar-refractivity contribution is 1.48. The van der Waals surface area contributed by atoms with Gasteiger partial charge in [0, 0.05) is 5.25 Å². The molecule has 3 rings (SSSR count). The smallest absolute Gasteiger partial charge is 0.132 e. The molecule has 1 aliphatic rings. The number of benzene rings is 2. The van der Waals surface area contributed by atoms with E-state index in [0.717, 1.165) is 16.8 Å². The summed E-state index contributed by atoms with van der Waals surface area (Å²) in [5.41, 5.74) is 3.37. The van der Waals surface area contributed by atoms with Gasteiger partial charge >= 0.3 is 0 Å². The highest BCUT2D eigenvalue weighted by atomic mass is 32.2. The number of anilines is 1. The summed E-state index contributed by atoms with van der Waals surface area (Å²) in [7, 11) is 0. The summed E-state index contributed by atoms with van der Waals surface area (Å²) in [5, 5.41) is 3.82. The summed E-state index contributed by atoms with van der Waals surface area (Å²) in [6.07, 6.45) is 2.51. The fraction of sp³-hybridized carbons (Fsp3) is 0.200. The third-order valence-electron chi connectivity index (χ3n) is 3.06. The Kier molecular flexibility index (Phi) is 3.51. The van der Waals surface area contributed by atoms with E-state index in [9.17, 15) is 4.91 Å². The van der Waals surface area contributed by atoms with Crippen molar-refractivity contribution in [2.45, 2.75) is 18.1 Å². The highest BCUT2D eigenvalue weighted by Crippen LogP contribution is 2.38. The van der Waals surface area contributed by atoms with Crippen LogP contribution in [0.4, 0.5) is 11.4 Å². The normalized spacial score (nSPS) is 14.1. The van der Waals surface area contributed by atoms with Crippen molar-refractivity contribution in [3.8, 4) is 11.1 Å². The van der Waals surface area contributed by atoms with Crippen molar-refractivity contribution >= 4 is 23.3 Å². The minimum Gasteiger partial charge on any atom is -0.328 e. The molecule has 0 heterocycles. The lowest BCUT2D eigenvalue weighted by Gasteiger charge is -2.08. The van der Waals surface area contributed by atoms with Crippen molar-refractivity contribution in [3.05, 3.63) is 53.4 Å². The zero-order valence-electron chi connectivity index (χ0n) is 10.4. The zero-order chi connectivity index (χ0) is 13.1. The Bertz CT molecular complexity index is 582. The van der Waals surface area contributed by atoms with E-state index in [4.69, 9.17) is 0 Å². The third kappa shape index (κ3) is 2.96. The number of rotatable bonds is 5. The molecular formula is C15H14N2OS. The summed E-state index contributed by atoms with van der Waals surface area (Å²) in [6.45, 7) is 0. The fourth-order valence-corrected chi connectivity index (χ4v) is 2.67. The molecule has 0 atom stereocenters. The molecule has 0 spiro atoms. The summed E-state index contributed by atoms with van der Waals surface area (Å²) >= 11 is 1.68. The molecule has 19 heavy (non-hydrogen) atoms. The van der Waals surface area contributed by atoms with E-state index in [1.165, 1.54) is 12.8 Å². The lowest BCUT2D eigenvalue weighted by Crippen LogP contribution is -1.89. The number of hydrogen-bond donors (Lipinski definition) is 1. The first kappa shape index (κ1) is 12.2. The van der Waals surface area contributed by atoms with Crippen molar-refractivity contribution < 1.29 is 0 Å². The fourth-order valence-electron chi connectivity index (χ4n) is 1.84. The average Bonchev–Trinajstić information content (AvgIpc) is 3.30. The van der Waals surface area contributed by atoms with Gasteiger partial charge in [0.05, 0.1) is 5.69 Å². The van der Waals surface area contributed by atoms with E-state index in [0.29, 0.717) is 10.9 Å². The second-order valence-corrected chi connectivity index (χ2v) is 5.72. The Labute approximate surface area is 116 Å². The van der Waals surface area contributed by atoms with Crippen LogP contribution in [-0.2, 0) is 0 Å². The van der Waals surface area contributed by atoms with Crippen LogP contribution >= 0.6 is 11.9 Å². The maximum atomic E-state index is 11.0. The lowest BCUT2D eigenvalue weighted by atomic mass is 10.0. The van der Waals surface area contributed by atoms with Gasteiger partial charge < -0.3 is 4.72 Å². The number of nitrogens with zero attached hydrogens (tertiary/aromatic N) is 1. The van der Waals surface area contributed by atoms with Gasteiger partial charge in [0.25, 0.3) is 0 Å².